The van der Waals surface area contributed by atoms with Crippen molar-refractivity contribution < 1.29 is 4.79 Å². The van der Waals surface area contributed by atoms with Crippen LogP contribution < -0.4 is 10.6 Å². The first-order valence-corrected chi connectivity index (χ1v) is 6.66. The van der Waals surface area contributed by atoms with Crippen LogP contribution in [0.4, 0.5) is 5.95 Å². The summed E-state index contributed by atoms with van der Waals surface area (Å²) in [6, 6.07) is 0. The third kappa shape index (κ3) is 2.63. The van der Waals surface area contributed by atoms with Gasteiger partial charge in [-0.2, -0.15) is 5.10 Å². The van der Waals surface area contributed by atoms with Crippen LogP contribution in [0.3, 0.4) is 0 Å². The molecule has 0 aliphatic carbocycles. The minimum atomic E-state index is -0.162. The summed E-state index contributed by atoms with van der Waals surface area (Å²) in [6.07, 6.45) is 5.09. The number of nitrogens with one attached hydrogen (secondary N) is 2. The number of fused-ring (bicyclic) bond motifs is 1. The molecule has 1 aliphatic heterocycles. The summed E-state index contributed by atoms with van der Waals surface area (Å²) < 4.78 is 3.62. The zero-order valence-electron chi connectivity index (χ0n) is 11.3. The number of aryl methyl sites for hydroxylation is 2. The number of amides is 1. The molecule has 0 saturated heterocycles. The molecule has 0 spiro atoms. The highest BCUT2D eigenvalue weighted by Crippen LogP contribution is 2.13. The number of rotatable bonds is 4. The second kappa shape index (κ2) is 5.32. The van der Waals surface area contributed by atoms with Crippen molar-refractivity contribution in [1.82, 2.24) is 29.6 Å². The summed E-state index contributed by atoms with van der Waals surface area (Å²) in [5.41, 5.74) is 0.448. The van der Waals surface area contributed by atoms with Gasteiger partial charge < -0.3 is 15.2 Å². The Balaban J connectivity index is 1.55. The van der Waals surface area contributed by atoms with E-state index in [1.807, 2.05) is 11.6 Å². The molecule has 0 atom stereocenters. The molecule has 0 saturated carbocycles. The van der Waals surface area contributed by atoms with Crippen molar-refractivity contribution >= 4 is 11.9 Å². The molecular formula is C12H17N7O. The van der Waals surface area contributed by atoms with Gasteiger partial charge in [0.05, 0.1) is 0 Å². The van der Waals surface area contributed by atoms with Gasteiger partial charge >= 0.3 is 0 Å². The maximum atomic E-state index is 12.0. The average molecular weight is 275 g/mol. The van der Waals surface area contributed by atoms with Gasteiger partial charge in [-0.25, -0.2) is 9.97 Å². The second-order valence-electron chi connectivity index (χ2n) is 4.76. The molecule has 2 aromatic heterocycles. The standard InChI is InChI=1S/C12H17N7O/c1-18-8-15-10(17-18)3-5-13-11(20)9-7-19-6-2-4-14-12(19)16-9/h7-8H,2-6H2,1H3,(H,13,20)(H,14,16). The summed E-state index contributed by atoms with van der Waals surface area (Å²) in [7, 11) is 1.82. The monoisotopic (exact) mass is 275 g/mol. The molecule has 1 aliphatic rings. The number of carbonyl (C=O) groups is 1. The maximum absolute atomic E-state index is 12.0. The molecule has 2 N–H and O–H groups in total. The Morgan fingerprint density at radius 3 is 3.20 bits per heavy atom. The maximum Gasteiger partial charge on any atom is 0.271 e. The lowest BCUT2D eigenvalue weighted by molar-refractivity contribution is 0.0949. The Kier molecular flexibility index (Phi) is 3.36. The van der Waals surface area contributed by atoms with Crippen molar-refractivity contribution in [2.45, 2.75) is 19.4 Å². The van der Waals surface area contributed by atoms with Crippen LogP contribution in [0.5, 0.6) is 0 Å². The van der Waals surface area contributed by atoms with E-state index in [1.54, 1.807) is 17.2 Å². The zero-order chi connectivity index (χ0) is 13.9. The lowest BCUT2D eigenvalue weighted by Crippen LogP contribution is -2.26. The molecule has 3 rings (SSSR count). The lowest BCUT2D eigenvalue weighted by atomic mass is 10.3. The molecule has 8 nitrogen and oxygen atoms in total. The molecule has 0 aromatic carbocycles. The van der Waals surface area contributed by atoms with Gasteiger partial charge in [-0.3, -0.25) is 9.48 Å². The minimum absolute atomic E-state index is 0.162. The highest BCUT2D eigenvalue weighted by Gasteiger charge is 2.16. The summed E-state index contributed by atoms with van der Waals surface area (Å²) in [4.78, 5) is 20.4. The fraction of sp³-hybridized carbons (Fsp3) is 0.500. The predicted molar refractivity (Wildman–Crippen MR) is 72.4 cm³/mol. The van der Waals surface area contributed by atoms with E-state index in [2.05, 4.69) is 25.7 Å². The van der Waals surface area contributed by atoms with Crippen LogP contribution in [-0.4, -0.2) is 43.3 Å². The minimum Gasteiger partial charge on any atom is -0.356 e. The van der Waals surface area contributed by atoms with Crippen molar-refractivity contribution in [2.75, 3.05) is 18.4 Å². The largest absolute Gasteiger partial charge is 0.356 e. The molecule has 1 amide bonds. The SMILES string of the molecule is Cn1cnc(CCNC(=O)c2cn3c(n2)NCCC3)n1. The van der Waals surface area contributed by atoms with Gasteiger partial charge in [-0.1, -0.05) is 0 Å². The van der Waals surface area contributed by atoms with Crippen molar-refractivity contribution in [3.8, 4) is 0 Å². The van der Waals surface area contributed by atoms with E-state index in [0.29, 0.717) is 18.7 Å². The van der Waals surface area contributed by atoms with Crippen LogP contribution in [0.1, 0.15) is 22.7 Å². The molecule has 8 heteroatoms. The first-order valence-electron chi connectivity index (χ1n) is 6.66. The van der Waals surface area contributed by atoms with E-state index < -0.39 is 0 Å². The molecule has 0 fully saturated rings. The van der Waals surface area contributed by atoms with Gasteiger partial charge in [0.1, 0.15) is 12.0 Å². The Bertz CT molecular complexity index is 592. The second-order valence-corrected chi connectivity index (χ2v) is 4.76. The Hall–Kier alpha value is -2.38. The quantitative estimate of drug-likeness (QED) is 0.806. The van der Waals surface area contributed by atoms with Crippen molar-refractivity contribution in [3.63, 3.8) is 0 Å². The predicted octanol–water partition coefficient (Wildman–Crippen LogP) is -0.200. The van der Waals surface area contributed by atoms with Gasteiger partial charge in [0, 0.05) is 39.3 Å². The molecule has 3 heterocycles. The van der Waals surface area contributed by atoms with Crippen LogP contribution in [0.2, 0.25) is 0 Å². The summed E-state index contributed by atoms with van der Waals surface area (Å²) in [5, 5.41) is 10.2. The van der Waals surface area contributed by atoms with Crippen molar-refractivity contribution in [3.05, 3.63) is 24.0 Å². The zero-order valence-corrected chi connectivity index (χ0v) is 11.3. The molecular weight excluding hydrogens is 258 g/mol. The lowest BCUT2D eigenvalue weighted by Gasteiger charge is -2.14. The van der Waals surface area contributed by atoms with E-state index in [1.165, 1.54) is 0 Å². The van der Waals surface area contributed by atoms with E-state index in [4.69, 9.17) is 0 Å². The Morgan fingerprint density at radius 2 is 2.45 bits per heavy atom. The molecule has 2 aromatic rings. The fourth-order valence-corrected chi connectivity index (χ4v) is 2.16. The smallest absolute Gasteiger partial charge is 0.271 e. The number of hydrogen-bond acceptors (Lipinski definition) is 5. The summed E-state index contributed by atoms with van der Waals surface area (Å²) >= 11 is 0. The number of hydrogen-bond donors (Lipinski definition) is 2. The van der Waals surface area contributed by atoms with Crippen LogP contribution >= 0.6 is 0 Å². The first-order chi connectivity index (χ1) is 9.72. The van der Waals surface area contributed by atoms with E-state index in [-0.39, 0.29) is 5.91 Å². The molecule has 0 unspecified atom stereocenters. The van der Waals surface area contributed by atoms with Gasteiger partial charge in [0.2, 0.25) is 5.95 Å². The third-order valence-electron chi connectivity index (χ3n) is 3.15. The Labute approximate surface area is 116 Å². The van der Waals surface area contributed by atoms with Crippen molar-refractivity contribution in [2.24, 2.45) is 7.05 Å². The van der Waals surface area contributed by atoms with Gasteiger partial charge in [0.25, 0.3) is 5.91 Å². The number of aromatic nitrogens is 5. The van der Waals surface area contributed by atoms with Crippen LogP contribution in [0.15, 0.2) is 12.5 Å². The number of carbonyl (C=O) groups excluding carboxylic acids is 1. The average Bonchev–Trinajstić information content (AvgIpc) is 3.04. The topological polar surface area (TPSA) is 89.7 Å². The molecule has 106 valence electrons. The number of nitrogens with zero attached hydrogens (tertiary/aromatic N) is 5. The molecule has 0 radical (unpaired) electrons. The molecule has 0 bridgehead atoms. The van der Waals surface area contributed by atoms with Gasteiger partial charge in [-0.15, -0.1) is 0 Å². The Morgan fingerprint density at radius 1 is 1.55 bits per heavy atom. The number of anilines is 1. The van der Waals surface area contributed by atoms with E-state index in [9.17, 15) is 4.79 Å². The van der Waals surface area contributed by atoms with E-state index >= 15 is 0 Å². The number of imidazole rings is 1. The van der Waals surface area contributed by atoms with Gasteiger partial charge in [0.15, 0.2) is 5.82 Å². The van der Waals surface area contributed by atoms with Crippen LogP contribution in [0, 0.1) is 0 Å². The summed E-state index contributed by atoms with van der Waals surface area (Å²) in [6.45, 7) is 2.31. The van der Waals surface area contributed by atoms with Crippen molar-refractivity contribution in [1.29, 1.82) is 0 Å². The first kappa shape index (κ1) is 12.6. The van der Waals surface area contributed by atoms with Crippen LogP contribution in [0.25, 0.3) is 0 Å². The van der Waals surface area contributed by atoms with E-state index in [0.717, 1.165) is 31.3 Å². The highest BCUT2D eigenvalue weighted by molar-refractivity contribution is 5.92. The van der Waals surface area contributed by atoms with Gasteiger partial charge in [-0.05, 0) is 6.42 Å². The fourth-order valence-electron chi connectivity index (χ4n) is 2.16. The normalized spacial score (nSPS) is 13.7. The third-order valence-corrected chi connectivity index (χ3v) is 3.15. The summed E-state index contributed by atoms with van der Waals surface area (Å²) in [5.74, 6) is 1.33. The molecule has 20 heavy (non-hydrogen) atoms. The highest BCUT2D eigenvalue weighted by atomic mass is 16.1. The van der Waals surface area contributed by atoms with Crippen LogP contribution in [-0.2, 0) is 20.0 Å².